The third kappa shape index (κ3) is 6.84. The first kappa shape index (κ1) is 19.4. The number of rotatable bonds is 9. The van der Waals surface area contributed by atoms with Crippen molar-refractivity contribution in [3.8, 4) is 0 Å². The second kappa shape index (κ2) is 10.8. The smallest absolute Gasteiger partial charge is 0.191 e. The van der Waals surface area contributed by atoms with Crippen molar-refractivity contribution in [1.29, 1.82) is 0 Å². The minimum Gasteiger partial charge on any atom is -0.468 e. The van der Waals surface area contributed by atoms with Gasteiger partial charge < -0.3 is 15.1 Å². The van der Waals surface area contributed by atoms with E-state index in [-0.39, 0.29) is 0 Å². The van der Waals surface area contributed by atoms with Crippen molar-refractivity contribution < 1.29 is 4.42 Å². The molecule has 1 aromatic carbocycles. The first-order valence-electron chi connectivity index (χ1n) is 8.44. The summed E-state index contributed by atoms with van der Waals surface area (Å²) in [6, 6.07) is 12.4. The summed E-state index contributed by atoms with van der Waals surface area (Å²) in [6.07, 6.45) is 3.82. The van der Waals surface area contributed by atoms with Crippen LogP contribution in [0.2, 0.25) is 0 Å². The van der Waals surface area contributed by atoms with Gasteiger partial charge in [-0.05, 0) is 36.6 Å². The first-order chi connectivity index (χ1) is 12.2. The van der Waals surface area contributed by atoms with Crippen molar-refractivity contribution in [1.82, 2.24) is 15.5 Å². The minimum absolute atomic E-state index is 0.754. The molecule has 2 rings (SSSR count). The Morgan fingerprint density at radius 3 is 2.60 bits per heavy atom. The van der Waals surface area contributed by atoms with Crippen LogP contribution in [-0.4, -0.2) is 43.5 Å². The maximum absolute atomic E-state index is 5.43. The SMILES string of the molecule is CN=C(NCCSC)NCc1ccccc1CN(C)Cc1ccco1. The number of furan rings is 1. The van der Waals surface area contributed by atoms with E-state index in [0.717, 1.165) is 43.7 Å². The van der Waals surface area contributed by atoms with Gasteiger partial charge in [-0.3, -0.25) is 9.89 Å². The van der Waals surface area contributed by atoms with Crippen molar-refractivity contribution in [3.05, 3.63) is 59.5 Å². The number of benzene rings is 1. The molecule has 0 bridgehead atoms. The fraction of sp³-hybridized carbons (Fsp3) is 0.421. The second-order valence-corrected chi connectivity index (χ2v) is 6.85. The van der Waals surface area contributed by atoms with Gasteiger partial charge in [0, 0.05) is 32.4 Å². The maximum atomic E-state index is 5.43. The van der Waals surface area contributed by atoms with Crippen molar-refractivity contribution in [3.63, 3.8) is 0 Å². The van der Waals surface area contributed by atoms with Crippen LogP contribution in [0.3, 0.4) is 0 Å². The molecular weight excluding hydrogens is 332 g/mol. The molecular formula is C19H28N4OS. The van der Waals surface area contributed by atoms with E-state index >= 15 is 0 Å². The number of nitrogens with zero attached hydrogens (tertiary/aromatic N) is 2. The minimum atomic E-state index is 0.754. The zero-order chi connectivity index (χ0) is 17.9. The summed E-state index contributed by atoms with van der Waals surface area (Å²) < 4.78 is 5.43. The summed E-state index contributed by atoms with van der Waals surface area (Å²) in [4.78, 5) is 6.53. The molecule has 0 aliphatic carbocycles. The van der Waals surface area contributed by atoms with E-state index in [2.05, 4.69) is 58.1 Å². The maximum Gasteiger partial charge on any atom is 0.191 e. The third-order valence-electron chi connectivity index (χ3n) is 3.83. The zero-order valence-corrected chi connectivity index (χ0v) is 16.1. The Morgan fingerprint density at radius 1 is 1.12 bits per heavy atom. The van der Waals surface area contributed by atoms with E-state index < -0.39 is 0 Å². The summed E-state index contributed by atoms with van der Waals surface area (Å²) in [5.74, 6) is 2.89. The molecule has 0 aliphatic heterocycles. The van der Waals surface area contributed by atoms with Crippen molar-refractivity contribution in [2.24, 2.45) is 4.99 Å². The van der Waals surface area contributed by atoms with Gasteiger partial charge in [-0.2, -0.15) is 11.8 Å². The molecule has 2 aromatic rings. The lowest BCUT2D eigenvalue weighted by molar-refractivity contribution is 0.287. The largest absolute Gasteiger partial charge is 0.468 e. The molecule has 5 nitrogen and oxygen atoms in total. The molecule has 0 amide bonds. The highest BCUT2D eigenvalue weighted by molar-refractivity contribution is 7.98. The van der Waals surface area contributed by atoms with E-state index in [1.165, 1.54) is 11.1 Å². The molecule has 136 valence electrons. The quantitative estimate of drug-likeness (QED) is 0.409. The first-order valence-corrected chi connectivity index (χ1v) is 9.83. The van der Waals surface area contributed by atoms with Crippen LogP contribution in [0.5, 0.6) is 0 Å². The van der Waals surface area contributed by atoms with Crippen molar-refractivity contribution in [2.75, 3.05) is 32.6 Å². The number of hydrogen-bond donors (Lipinski definition) is 2. The van der Waals surface area contributed by atoms with Crippen molar-refractivity contribution >= 4 is 17.7 Å². The topological polar surface area (TPSA) is 52.8 Å². The van der Waals surface area contributed by atoms with Gasteiger partial charge in [-0.1, -0.05) is 24.3 Å². The van der Waals surface area contributed by atoms with Crippen LogP contribution in [-0.2, 0) is 19.6 Å². The molecule has 0 saturated carbocycles. The van der Waals surface area contributed by atoms with Gasteiger partial charge in [0.25, 0.3) is 0 Å². The molecule has 1 heterocycles. The molecule has 0 aliphatic rings. The Hall–Kier alpha value is -1.92. The normalized spacial score (nSPS) is 11.8. The number of thioether (sulfide) groups is 1. The van der Waals surface area contributed by atoms with Gasteiger partial charge in [0.2, 0.25) is 0 Å². The molecule has 0 atom stereocenters. The van der Waals surface area contributed by atoms with Gasteiger partial charge in [0.1, 0.15) is 5.76 Å². The number of guanidine groups is 1. The fourth-order valence-electron chi connectivity index (χ4n) is 2.57. The highest BCUT2D eigenvalue weighted by Gasteiger charge is 2.08. The fourth-order valence-corrected chi connectivity index (χ4v) is 2.88. The third-order valence-corrected chi connectivity index (χ3v) is 4.45. The Kier molecular flexibility index (Phi) is 8.42. The number of nitrogens with one attached hydrogen (secondary N) is 2. The average Bonchev–Trinajstić information content (AvgIpc) is 3.12. The van der Waals surface area contributed by atoms with Crippen LogP contribution >= 0.6 is 11.8 Å². The highest BCUT2D eigenvalue weighted by Crippen LogP contribution is 2.13. The zero-order valence-electron chi connectivity index (χ0n) is 15.3. The lowest BCUT2D eigenvalue weighted by Gasteiger charge is -2.19. The standard InChI is InChI=1S/C19H28N4OS/c1-20-19(21-10-12-25-3)22-13-16-7-4-5-8-17(16)14-23(2)15-18-9-6-11-24-18/h4-9,11H,10,12-15H2,1-3H3,(H2,20,21,22). The molecule has 25 heavy (non-hydrogen) atoms. The second-order valence-electron chi connectivity index (χ2n) is 5.87. The summed E-state index contributed by atoms with van der Waals surface area (Å²) in [7, 11) is 3.91. The monoisotopic (exact) mass is 360 g/mol. The number of aliphatic imine (C=N–C) groups is 1. The Bertz CT molecular complexity index is 643. The predicted molar refractivity (Wildman–Crippen MR) is 107 cm³/mol. The van der Waals surface area contributed by atoms with Crippen LogP contribution in [0.1, 0.15) is 16.9 Å². The molecule has 1 aromatic heterocycles. The van der Waals surface area contributed by atoms with E-state index in [9.17, 15) is 0 Å². The van der Waals surface area contributed by atoms with Gasteiger partial charge in [0.05, 0.1) is 12.8 Å². The van der Waals surface area contributed by atoms with Crippen LogP contribution in [0.4, 0.5) is 0 Å². The van der Waals surface area contributed by atoms with Crippen LogP contribution in [0, 0.1) is 0 Å². The van der Waals surface area contributed by atoms with E-state index in [1.807, 2.05) is 23.9 Å². The van der Waals surface area contributed by atoms with Gasteiger partial charge in [0.15, 0.2) is 5.96 Å². The molecule has 2 N–H and O–H groups in total. The van der Waals surface area contributed by atoms with Crippen LogP contribution in [0.15, 0.2) is 52.1 Å². The van der Waals surface area contributed by atoms with Crippen LogP contribution < -0.4 is 10.6 Å². The Labute approximate surface area is 154 Å². The predicted octanol–water partition coefficient (Wildman–Crippen LogP) is 2.94. The van der Waals surface area contributed by atoms with E-state index in [0.29, 0.717) is 0 Å². The lowest BCUT2D eigenvalue weighted by atomic mass is 10.1. The molecule has 0 saturated heterocycles. The summed E-state index contributed by atoms with van der Waals surface area (Å²) in [6.45, 7) is 3.34. The summed E-state index contributed by atoms with van der Waals surface area (Å²) in [5, 5.41) is 6.72. The van der Waals surface area contributed by atoms with Crippen molar-refractivity contribution in [2.45, 2.75) is 19.6 Å². The molecule has 0 unspecified atom stereocenters. The summed E-state index contributed by atoms with van der Waals surface area (Å²) >= 11 is 1.82. The molecule has 0 fully saturated rings. The summed E-state index contributed by atoms with van der Waals surface area (Å²) in [5.41, 5.74) is 2.59. The number of hydrogen-bond acceptors (Lipinski definition) is 4. The molecule has 0 spiro atoms. The van der Waals surface area contributed by atoms with Crippen LogP contribution in [0.25, 0.3) is 0 Å². The Balaban J connectivity index is 1.90. The average molecular weight is 361 g/mol. The van der Waals surface area contributed by atoms with Gasteiger partial charge in [-0.25, -0.2) is 0 Å². The molecule has 6 heteroatoms. The van der Waals surface area contributed by atoms with Gasteiger partial charge >= 0.3 is 0 Å². The molecule has 0 radical (unpaired) electrons. The lowest BCUT2D eigenvalue weighted by Crippen LogP contribution is -2.38. The van der Waals surface area contributed by atoms with Gasteiger partial charge in [-0.15, -0.1) is 0 Å². The van der Waals surface area contributed by atoms with E-state index in [4.69, 9.17) is 4.42 Å². The Morgan fingerprint density at radius 2 is 1.92 bits per heavy atom. The highest BCUT2D eigenvalue weighted by atomic mass is 32.2. The van der Waals surface area contributed by atoms with E-state index in [1.54, 1.807) is 13.3 Å².